The van der Waals surface area contributed by atoms with E-state index >= 15 is 0 Å². The van der Waals surface area contributed by atoms with Crippen molar-refractivity contribution in [2.24, 2.45) is 0 Å². The minimum Gasteiger partial charge on any atom is -0.325 e. The van der Waals surface area contributed by atoms with Crippen LogP contribution in [0.25, 0.3) is 0 Å². The molecule has 0 aliphatic rings. The van der Waals surface area contributed by atoms with Crippen molar-refractivity contribution in [1.29, 1.82) is 0 Å². The number of aryl methyl sites for hydroxylation is 1. The van der Waals surface area contributed by atoms with Crippen LogP contribution in [0.1, 0.15) is 5.56 Å². The number of hydrogen-bond acceptors (Lipinski definition) is 4. The molecule has 26 heavy (non-hydrogen) atoms. The highest BCUT2D eigenvalue weighted by molar-refractivity contribution is 9.10. The van der Waals surface area contributed by atoms with Gasteiger partial charge in [-0.1, -0.05) is 58.0 Å². The molecule has 1 heterocycles. The van der Waals surface area contributed by atoms with E-state index in [0.717, 1.165) is 22.1 Å². The largest absolute Gasteiger partial charge is 0.343 e. The number of amides is 1. The molecule has 0 saturated heterocycles. The van der Waals surface area contributed by atoms with Crippen LogP contribution < -0.4 is 11.0 Å². The molecular formula is C18H17BrN4O2S. The maximum absolute atomic E-state index is 12.1. The SMILES string of the molecule is O=C(CSc1n[nH]c(=O)n1CCc1ccccc1)Nc1ccc(Br)cc1. The van der Waals surface area contributed by atoms with Gasteiger partial charge < -0.3 is 5.32 Å². The quantitative estimate of drug-likeness (QED) is 0.561. The molecule has 3 aromatic rings. The van der Waals surface area contributed by atoms with E-state index in [0.29, 0.717) is 11.7 Å². The van der Waals surface area contributed by atoms with Gasteiger partial charge in [-0.15, -0.1) is 5.10 Å². The van der Waals surface area contributed by atoms with Crippen LogP contribution in [0.15, 0.2) is 69.0 Å². The number of aromatic amines is 1. The number of benzene rings is 2. The van der Waals surface area contributed by atoms with Gasteiger partial charge in [-0.05, 0) is 36.2 Å². The maximum Gasteiger partial charge on any atom is 0.343 e. The number of halogens is 1. The Morgan fingerprint density at radius 3 is 2.62 bits per heavy atom. The number of thioether (sulfide) groups is 1. The van der Waals surface area contributed by atoms with Crippen LogP contribution in [-0.2, 0) is 17.8 Å². The molecule has 0 unspecified atom stereocenters. The number of anilines is 1. The second-order valence-electron chi connectivity index (χ2n) is 5.54. The molecule has 2 aromatic carbocycles. The van der Waals surface area contributed by atoms with E-state index in [1.54, 1.807) is 4.57 Å². The molecule has 0 saturated carbocycles. The third-order valence-corrected chi connectivity index (χ3v) is 5.16. The molecular weight excluding hydrogens is 416 g/mol. The zero-order valence-corrected chi connectivity index (χ0v) is 16.2. The van der Waals surface area contributed by atoms with Crippen LogP contribution in [0.3, 0.4) is 0 Å². The number of carbonyl (C=O) groups excluding carboxylic acids is 1. The van der Waals surface area contributed by atoms with Crippen LogP contribution in [0.4, 0.5) is 5.69 Å². The molecule has 0 aliphatic carbocycles. The number of nitrogens with zero attached hydrogens (tertiary/aromatic N) is 2. The van der Waals surface area contributed by atoms with Crippen LogP contribution in [-0.4, -0.2) is 26.4 Å². The average Bonchev–Trinajstić information content (AvgIpc) is 3.01. The number of rotatable bonds is 7. The first-order chi connectivity index (χ1) is 12.6. The Bertz CT molecular complexity index is 922. The van der Waals surface area contributed by atoms with Crippen molar-refractivity contribution in [3.8, 4) is 0 Å². The van der Waals surface area contributed by atoms with Crippen LogP contribution in [0.2, 0.25) is 0 Å². The summed E-state index contributed by atoms with van der Waals surface area (Å²) in [6, 6.07) is 17.3. The van der Waals surface area contributed by atoms with Crippen molar-refractivity contribution >= 4 is 39.3 Å². The highest BCUT2D eigenvalue weighted by Gasteiger charge is 2.11. The maximum atomic E-state index is 12.1. The lowest BCUT2D eigenvalue weighted by Gasteiger charge is -2.07. The lowest BCUT2D eigenvalue weighted by molar-refractivity contribution is -0.113. The zero-order valence-electron chi connectivity index (χ0n) is 13.8. The topological polar surface area (TPSA) is 79.8 Å². The Morgan fingerprint density at radius 1 is 1.15 bits per heavy atom. The highest BCUT2D eigenvalue weighted by Crippen LogP contribution is 2.17. The summed E-state index contributed by atoms with van der Waals surface area (Å²) < 4.78 is 2.51. The minimum atomic E-state index is -0.267. The van der Waals surface area contributed by atoms with Gasteiger partial charge in [0.05, 0.1) is 5.75 Å². The molecule has 0 radical (unpaired) electrons. The fourth-order valence-corrected chi connectivity index (χ4v) is 3.39. The number of H-pyrrole nitrogens is 1. The van der Waals surface area contributed by atoms with Crippen molar-refractivity contribution in [2.75, 3.05) is 11.1 Å². The average molecular weight is 433 g/mol. The van der Waals surface area contributed by atoms with Crippen molar-refractivity contribution in [3.63, 3.8) is 0 Å². The van der Waals surface area contributed by atoms with Gasteiger partial charge in [0.2, 0.25) is 5.91 Å². The molecule has 0 spiro atoms. The summed E-state index contributed by atoms with van der Waals surface area (Å²) in [4.78, 5) is 24.1. The Morgan fingerprint density at radius 2 is 1.88 bits per heavy atom. The van der Waals surface area contributed by atoms with Crippen molar-refractivity contribution in [1.82, 2.24) is 14.8 Å². The van der Waals surface area contributed by atoms with Gasteiger partial charge in [-0.2, -0.15) is 0 Å². The second kappa shape index (κ2) is 8.86. The molecule has 1 aromatic heterocycles. The molecule has 6 nitrogen and oxygen atoms in total. The normalized spacial score (nSPS) is 10.7. The predicted octanol–water partition coefficient (Wildman–Crippen LogP) is 3.31. The lowest BCUT2D eigenvalue weighted by Crippen LogP contribution is -2.20. The summed E-state index contributed by atoms with van der Waals surface area (Å²) in [7, 11) is 0. The smallest absolute Gasteiger partial charge is 0.325 e. The summed E-state index contributed by atoms with van der Waals surface area (Å²) >= 11 is 4.59. The van der Waals surface area contributed by atoms with Gasteiger partial charge >= 0.3 is 5.69 Å². The van der Waals surface area contributed by atoms with E-state index in [1.807, 2.05) is 54.6 Å². The first-order valence-corrected chi connectivity index (χ1v) is 9.77. The van der Waals surface area contributed by atoms with Crippen molar-refractivity contribution in [2.45, 2.75) is 18.1 Å². The summed E-state index contributed by atoms with van der Waals surface area (Å²) in [5, 5.41) is 9.80. The Balaban J connectivity index is 1.57. The fraction of sp³-hybridized carbons (Fsp3) is 0.167. The highest BCUT2D eigenvalue weighted by atomic mass is 79.9. The molecule has 8 heteroatoms. The minimum absolute atomic E-state index is 0.151. The summed E-state index contributed by atoms with van der Waals surface area (Å²) in [6.07, 6.45) is 0.721. The second-order valence-corrected chi connectivity index (χ2v) is 7.40. The van der Waals surface area contributed by atoms with Gasteiger partial charge in [-0.3, -0.25) is 9.36 Å². The number of aromatic nitrogens is 3. The Kier molecular flexibility index (Phi) is 6.30. The van der Waals surface area contributed by atoms with Gasteiger partial charge in [0.25, 0.3) is 0 Å². The lowest BCUT2D eigenvalue weighted by atomic mass is 10.1. The fourth-order valence-electron chi connectivity index (χ4n) is 2.36. The molecule has 134 valence electrons. The van der Waals surface area contributed by atoms with E-state index in [-0.39, 0.29) is 17.3 Å². The third kappa shape index (κ3) is 5.09. The molecule has 0 atom stereocenters. The molecule has 0 fully saturated rings. The van der Waals surface area contributed by atoms with Gasteiger partial charge in [0.1, 0.15) is 0 Å². The van der Waals surface area contributed by atoms with E-state index in [4.69, 9.17) is 0 Å². The molecule has 0 aliphatic heterocycles. The van der Waals surface area contributed by atoms with E-state index in [9.17, 15) is 9.59 Å². The van der Waals surface area contributed by atoms with Crippen LogP contribution in [0, 0.1) is 0 Å². The van der Waals surface area contributed by atoms with Gasteiger partial charge in [0, 0.05) is 16.7 Å². The monoisotopic (exact) mass is 432 g/mol. The standard InChI is InChI=1S/C18H17BrN4O2S/c19-14-6-8-15(9-7-14)20-16(24)12-26-18-22-21-17(25)23(18)11-10-13-4-2-1-3-5-13/h1-9H,10-12H2,(H,20,24)(H,21,25). The zero-order chi connectivity index (χ0) is 18.4. The predicted molar refractivity (Wildman–Crippen MR) is 106 cm³/mol. The van der Waals surface area contributed by atoms with E-state index in [2.05, 4.69) is 31.4 Å². The van der Waals surface area contributed by atoms with Crippen LogP contribution >= 0.6 is 27.7 Å². The molecule has 1 amide bonds. The van der Waals surface area contributed by atoms with Gasteiger partial charge in [-0.25, -0.2) is 9.89 Å². The molecule has 3 rings (SSSR count). The Hall–Kier alpha value is -2.32. The summed E-state index contributed by atoms with van der Waals surface area (Å²) in [5.41, 5.74) is 1.60. The third-order valence-electron chi connectivity index (χ3n) is 3.65. The van der Waals surface area contributed by atoms with E-state index < -0.39 is 0 Å². The van der Waals surface area contributed by atoms with E-state index in [1.165, 1.54) is 11.8 Å². The van der Waals surface area contributed by atoms with Crippen LogP contribution in [0.5, 0.6) is 0 Å². The number of carbonyl (C=O) groups is 1. The molecule has 0 bridgehead atoms. The summed E-state index contributed by atoms with van der Waals surface area (Å²) in [5.74, 6) is 0.0217. The first kappa shape index (κ1) is 18.5. The number of nitrogens with one attached hydrogen (secondary N) is 2. The first-order valence-electron chi connectivity index (χ1n) is 7.99. The molecule has 2 N–H and O–H groups in total. The summed E-state index contributed by atoms with van der Waals surface area (Å²) in [6.45, 7) is 0.510. The van der Waals surface area contributed by atoms with Gasteiger partial charge in [0.15, 0.2) is 5.16 Å². The van der Waals surface area contributed by atoms with Crippen molar-refractivity contribution in [3.05, 3.63) is 75.1 Å². The Labute approximate surface area is 163 Å². The number of hydrogen-bond donors (Lipinski definition) is 2. The van der Waals surface area contributed by atoms with Crippen molar-refractivity contribution < 1.29 is 4.79 Å².